The third-order valence-corrected chi connectivity index (χ3v) is 4.02. The van der Waals surface area contributed by atoms with Gasteiger partial charge in [0.25, 0.3) is 0 Å². The van der Waals surface area contributed by atoms with E-state index in [1.807, 2.05) is 6.92 Å². The monoisotopic (exact) mass is 225 g/mol. The summed E-state index contributed by atoms with van der Waals surface area (Å²) in [6.07, 6.45) is 6.86. The second-order valence-electron chi connectivity index (χ2n) is 4.87. The number of hydrogen-bond donors (Lipinski definition) is 1. The van der Waals surface area contributed by atoms with Crippen molar-refractivity contribution in [3.8, 4) is 0 Å². The fourth-order valence-corrected chi connectivity index (χ4v) is 2.81. The number of hydrogen-bond acceptors (Lipinski definition) is 4. The zero-order valence-electron chi connectivity index (χ0n) is 9.55. The van der Waals surface area contributed by atoms with Gasteiger partial charge in [-0.15, -0.1) is 0 Å². The molecule has 15 heavy (non-hydrogen) atoms. The molecule has 1 aromatic heterocycles. The molecule has 0 unspecified atom stereocenters. The van der Waals surface area contributed by atoms with Crippen molar-refractivity contribution in [2.45, 2.75) is 46.0 Å². The summed E-state index contributed by atoms with van der Waals surface area (Å²) in [6, 6.07) is 0. The second kappa shape index (κ2) is 4.47. The first-order valence-electron chi connectivity index (χ1n) is 5.72. The van der Waals surface area contributed by atoms with Crippen molar-refractivity contribution in [1.82, 2.24) is 9.36 Å². The third-order valence-electron chi connectivity index (χ3n) is 3.25. The maximum absolute atomic E-state index is 4.32. The zero-order chi connectivity index (χ0) is 10.7. The summed E-state index contributed by atoms with van der Waals surface area (Å²) < 4.78 is 4.17. The molecule has 1 saturated carbocycles. The van der Waals surface area contributed by atoms with Crippen LogP contribution in [0.4, 0.5) is 5.13 Å². The molecule has 0 radical (unpaired) electrons. The minimum atomic E-state index is 0.470. The lowest BCUT2D eigenvalue weighted by molar-refractivity contribution is 0.233. The van der Waals surface area contributed by atoms with Gasteiger partial charge in [-0.25, -0.2) is 4.98 Å². The Hall–Kier alpha value is -0.640. The first kappa shape index (κ1) is 10.9. The first-order chi connectivity index (χ1) is 7.18. The topological polar surface area (TPSA) is 37.8 Å². The van der Waals surface area contributed by atoms with Crippen LogP contribution in [0, 0.1) is 12.3 Å². The van der Waals surface area contributed by atoms with Gasteiger partial charge in [0.15, 0.2) is 0 Å². The van der Waals surface area contributed by atoms with E-state index in [2.05, 4.69) is 21.6 Å². The van der Waals surface area contributed by atoms with E-state index in [0.29, 0.717) is 5.41 Å². The van der Waals surface area contributed by atoms with Crippen LogP contribution in [-0.2, 0) is 0 Å². The van der Waals surface area contributed by atoms with Gasteiger partial charge in [-0.05, 0) is 25.2 Å². The van der Waals surface area contributed by atoms with E-state index in [0.717, 1.165) is 17.5 Å². The number of anilines is 1. The highest BCUT2D eigenvalue weighted by molar-refractivity contribution is 7.09. The van der Waals surface area contributed by atoms with Crippen molar-refractivity contribution in [1.29, 1.82) is 0 Å². The van der Waals surface area contributed by atoms with Gasteiger partial charge in [0.1, 0.15) is 5.82 Å². The van der Waals surface area contributed by atoms with E-state index < -0.39 is 0 Å². The van der Waals surface area contributed by atoms with Crippen molar-refractivity contribution in [3.63, 3.8) is 0 Å². The molecule has 1 fully saturated rings. The molecule has 0 aliphatic heterocycles. The van der Waals surface area contributed by atoms with E-state index in [4.69, 9.17) is 0 Å². The number of rotatable bonds is 3. The second-order valence-corrected chi connectivity index (χ2v) is 5.62. The van der Waals surface area contributed by atoms with Crippen LogP contribution in [0.25, 0.3) is 0 Å². The maximum Gasteiger partial charge on any atom is 0.202 e. The zero-order valence-corrected chi connectivity index (χ0v) is 10.4. The molecule has 0 aromatic carbocycles. The summed E-state index contributed by atoms with van der Waals surface area (Å²) in [4.78, 5) is 4.32. The minimum absolute atomic E-state index is 0.470. The molecule has 0 amide bonds. The number of nitrogens with one attached hydrogen (secondary N) is 1. The minimum Gasteiger partial charge on any atom is -0.360 e. The highest BCUT2D eigenvalue weighted by Gasteiger charge is 2.26. The Kier molecular flexibility index (Phi) is 3.24. The van der Waals surface area contributed by atoms with Gasteiger partial charge in [0.05, 0.1) is 0 Å². The Morgan fingerprint density at radius 3 is 2.67 bits per heavy atom. The van der Waals surface area contributed by atoms with Crippen LogP contribution in [0.2, 0.25) is 0 Å². The molecular formula is C11H19N3S. The smallest absolute Gasteiger partial charge is 0.202 e. The van der Waals surface area contributed by atoms with Crippen LogP contribution in [0.5, 0.6) is 0 Å². The lowest BCUT2D eigenvalue weighted by atomic mass is 9.76. The Morgan fingerprint density at radius 2 is 2.07 bits per heavy atom. The summed E-state index contributed by atoms with van der Waals surface area (Å²) in [5.74, 6) is 0.872. The number of aryl methyl sites for hydroxylation is 1. The fourth-order valence-electron chi connectivity index (χ4n) is 2.24. The van der Waals surface area contributed by atoms with Gasteiger partial charge in [-0.2, -0.15) is 4.37 Å². The molecular weight excluding hydrogens is 206 g/mol. The van der Waals surface area contributed by atoms with Crippen LogP contribution in [0.15, 0.2) is 0 Å². The average molecular weight is 225 g/mol. The molecule has 3 nitrogen and oxygen atoms in total. The SMILES string of the molecule is Cc1nsc(NCC2(C)CCCCC2)n1. The normalized spacial score (nSPS) is 20.1. The molecule has 1 heterocycles. The van der Waals surface area contributed by atoms with E-state index >= 15 is 0 Å². The summed E-state index contributed by atoms with van der Waals surface area (Å²) in [7, 11) is 0. The molecule has 1 aliphatic rings. The predicted molar refractivity (Wildman–Crippen MR) is 64.3 cm³/mol. The molecule has 2 rings (SSSR count). The Balaban J connectivity index is 1.86. The Morgan fingerprint density at radius 1 is 1.33 bits per heavy atom. The van der Waals surface area contributed by atoms with Crippen LogP contribution in [0.1, 0.15) is 44.9 Å². The lowest BCUT2D eigenvalue weighted by Gasteiger charge is -2.33. The van der Waals surface area contributed by atoms with E-state index in [-0.39, 0.29) is 0 Å². The lowest BCUT2D eigenvalue weighted by Crippen LogP contribution is -2.28. The molecule has 0 spiro atoms. The van der Waals surface area contributed by atoms with E-state index in [9.17, 15) is 0 Å². The van der Waals surface area contributed by atoms with Crippen molar-refractivity contribution < 1.29 is 0 Å². The largest absolute Gasteiger partial charge is 0.360 e. The highest BCUT2D eigenvalue weighted by atomic mass is 32.1. The van der Waals surface area contributed by atoms with E-state index in [1.54, 1.807) is 0 Å². The summed E-state index contributed by atoms with van der Waals surface area (Å²) in [6.45, 7) is 5.36. The van der Waals surface area contributed by atoms with Gasteiger partial charge in [-0.1, -0.05) is 26.2 Å². The Bertz CT molecular complexity index is 315. The average Bonchev–Trinajstić information content (AvgIpc) is 2.63. The van der Waals surface area contributed by atoms with Gasteiger partial charge < -0.3 is 5.32 Å². The quantitative estimate of drug-likeness (QED) is 0.858. The van der Waals surface area contributed by atoms with Crippen molar-refractivity contribution in [3.05, 3.63) is 5.82 Å². The summed E-state index contributed by atoms with van der Waals surface area (Å²) >= 11 is 1.46. The molecule has 1 N–H and O–H groups in total. The molecule has 0 bridgehead atoms. The van der Waals surface area contributed by atoms with Gasteiger partial charge in [0, 0.05) is 18.1 Å². The number of aromatic nitrogens is 2. The molecule has 0 saturated heterocycles. The van der Waals surface area contributed by atoms with Gasteiger partial charge in [0.2, 0.25) is 5.13 Å². The first-order valence-corrected chi connectivity index (χ1v) is 6.50. The number of nitrogens with zero attached hydrogens (tertiary/aromatic N) is 2. The Labute approximate surface area is 95.5 Å². The molecule has 1 aliphatic carbocycles. The fraction of sp³-hybridized carbons (Fsp3) is 0.818. The van der Waals surface area contributed by atoms with Crippen molar-refractivity contribution >= 4 is 16.7 Å². The van der Waals surface area contributed by atoms with Crippen LogP contribution in [0.3, 0.4) is 0 Å². The van der Waals surface area contributed by atoms with Crippen LogP contribution in [-0.4, -0.2) is 15.9 Å². The maximum atomic E-state index is 4.32. The summed E-state index contributed by atoms with van der Waals surface area (Å²) in [5.41, 5.74) is 0.470. The van der Waals surface area contributed by atoms with Crippen molar-refractivity contribution in [2.24, 2.45) is 5.41 Å². The molecule has 84 valence electrons. The highest BCUT2D eigenvalue weighted by Crippen LogP contribution is 2.35. The van der Waals surface area contributed by atoms with Crippen LogP contribution < -0.4 is 5.32 Å². The third kappa shape index (κ3) is 2.91. The molecule has 0 atom stereocenters. The summed E-state index contributed by atoms with van der Waals surface area (Å²) in [5, 5.41) is 4.39. The molecule has 4 heteroatoms. The van der Waals surface area contributed by atoms with Gasteiger partial charge >= 0.3 is 0 Å². The predicted octanol–water partition coefficient (Wildman–Crippen LogP) is 3.23. The van der Waals surface area contributed by atoms with Crippen molar-refractivity contribution in [2.75, 3.05) is 11.9 Å². The van der Waals surface area contributed by atoms with E-state index in [1.165, 1.54) is 43.6 Å². The van der Waals surface area contributed by atoms with Gasteiger partial charge in [-0.3, -0.25) is 0 Å². The standard InChI is InChI=1S/C11H19N3S/c1-9-13-10(15-14-9)12-8-11(2)6-4-3-5-7-11/h3-8H2,1-2H3,(H,12,13,14). The molecule has 1 aromatic rings. The van der Waals surface area contributed by atoms with Crippen LogP contribution >= 0.6 is 11.5 Å².